The molecule has 0 fully saturated rings. The van der Waals surface area contributed by atoms with Crippen LogP contribution in [0, 0.1) is 0 Å². The molecule has 8 heteroatoms. The Kier molecular flexibility index (Phi) is 6.36. The highest BCUT2D eigenvalue weighted by Crippen LogP contribution is 2.33. The van der Waals surface area contributed by atoms with E-state index in [0.717, 1.165) is 43.1 Å². The summed E-state index contributed by atoms with van der Waals surface area (Å²) in [5.74, 6) is 0.348. The van der Waals surface area contributed by atoms with Crippen LogP contribution in [0.4, 0.5) is 0 Å². The third-order valence-corrected chi connectivity index (χ3v) is 7.96. The first kappa shape index (κ1) is 21.8. The normalized spacial score (nSPS) is 15.6. The molecule has 0 amide bonds. The molecule has 0 saturated heterocycles. The predicted octanol–water partition coefficient (Wildman–Crippen LogP) is 3.41. The first-order valence-corrected chi connectivity index (χ1v) is 13.1. The lowest BCUT2D eigenvalue weighted by Gasteiger charge is -2.22. The Hall–Kier alpha value is -1.90. The number of methoxy groups -OCH3 is 1. The van der Waals surface area contributed by atoms with Crippen molar-refractivity contribution in [1.82, 2.24) is 4.72 Å². The minimum Gasteiger partial charge on any atom is -0.495 e. The monoisotopic (exact) mass is 437 g/mol. The molecule has 0 aliphatic heterocycles. The molecule has 1 atom stereocenters. The van der Waals surface area contributed by atoms with Crippen molar-refractivity contribution in [3.05, 3.63) is 53.1 Å². The molecular formula is C21H27NO5S2. The van der Waals surface area contributed by atoms with Crippen molar-refractivity contribution in [2.75, 3.05) is 13.4 Å². The number of hydrogen-bond donors (Lipinski definition) is 1. The van der Waals surface area contributed by atoms with Gasteiger partial charge in [0.2, 0.25) is 10.0 Å². The molecule has 0 aromatic heterocycles. The third-order valence-electron chi connectivity index (χ3n) is 5.33. The second kappa shape index (κ2) is 8.45. The second-order valence-corrected chi connectivity index (χ2v) is 11.1. The Morgan fingerprint density at radius 3 is 2.10 bits per heavy atom. The zero-order valence-electron chi connectivity index (χ0n) is 16.9. The maximum absolute atomic E-state index is 13.2. The van der Waals surface area contributed by atoms with E-state index in [1.54, 1.807) is 18.2 Å². The van der Waals surface area contributed by atoms with Crippen LogP contribution >= 0.6 is 0 Å². The summed E-state index contributed by atoms with van der Waals surface area (Å²) in [5.41, 5.74) is 2.92. The van der Waals surface area contributed by atoms with Gasteiger partial charge in [0, 0.05) is 12.3 Å². The summed E-state index contributed by atoms with van der Waals surface area (Å²) in [6.45, 7) is 1.88. The summed E-state index contributed by atoms with van der Waals surface area (Å²) >= 11 is 0. The Morgan fingerprint density at radius 1 is 1.00 bits per heavy atom. The second-order valence-electron chi connectivity index (χ2n) is 7.40. The molecule has 6 nitrogen and oxygen atoms in total. The van der Waals surface area contributed by atoms with Crippen LogP contribution in [0.5, 0.6) is 5.75 Å². The maximum Gasteiger partial charge on any atom is 0.244 e. The van der Waals surface area contributed by atoms with E-state index in [1.165, 1.54) is 19.2 Å². The van der Waals surface area contributed by atoms with Gasteiger partial charge in [0.15, 0.2) is 9.84 Å². The maximum atomic E-state index is 13.2. The number of rotatable bonds is 7. The van der Waals surface area contributed by atoms with Gasteiger partial charge in [-0.2, -0.15) is 0 Å². The van der Waals surface area contributed by atoms with E-state index in [9.17, 15) is 16.8 Å². The van der Waals surface area contributed by atoms with E-state index in [1.807, 2.05) is 13.0 Å². The van der Waals surface area contributed by atoms with Crippen LogP contribution in [-0.4, -0.2) is 30.2 Å². The molecule has 0 saturated carbocycles. The number of nitrogens with one attached hydrogen (secondary N) is 1. The summed E-state index contributed by atoms with van der Waals surface area (Å²) in [5, 5.41) is 0. The van der Waals surface area contributed by atoms with Crippen LogP contribution in [0.25, 0.3) is 0 Å². The van der Waals surface area contributed by atoms with Crippen molar-refractivity contribution >= 4 is 19.9 Å². The topological polar surface area (TPSA) is 89.5 Å². The third kappa shape index (κ3) is 4.82. The van der Waals surface area contributed by atoms with E-state index in [0.29, 0.717) is 17.7 Å². The summed E-state index contributed by atoms with van der Waals surface area (Å²) in [4.78, 5) is 0.349. The van der Waals surface area contributed by atoms with Crippen LogP contribution in [-0.2, 0) is 32.7 Å². The van der Waals surface area contributed by atoms with Gasteiger partial charge < -0.3 is 4.74 Å². The highest BCUT2D eigenvalue weighted by molar-refractivity contribution is 7.90. The van der Waals surface area contributed by atoms with Crippen LogP contribution in [0.15, 0.2) is 46.2 Å². The SMILES string of the molecule is CCC(NS(=O)(=O)c1cc2c(cc1OC)CCCC2)c1ccc(S(C)(=O)=O)cc1. The Labute approximate surface area is 173 Å². The molecule has 1 N–H and O–H groups in total. The number of ether oxygens (including phenoxy) is 1. The first-order chi connectivity index (χ1) is 13.7. The van der Waals surface area contributed by atoms with Gasteiger partial charge in [-0.3, -0.25) is 0 Å². The molecule has 3 rings (SSSR count). The van der Waals surface area contributed by atoms with Gasteiger partial charge in [0.25, 0.3) is 0 Å². The summed E-state index contributed by atoms with van der Waals surface area (Å²) < 4.78 is 57.8. The Balaban J connectivity index is 1.93. The zero-order chi connectivity index (χ0) is 21.2. The smallest absolute Gasteiger partial charge is 0.244 e. The number of fused-ring (bicyclic) bond motifs is 1. The van der Waals surface area contributed by atoms with Crippen molar-refractivity contribution in [2.45, 2.75) is 54.9 Å². The van der Waals surface area contributed by atoms with Gasteiger partial charge in [-0.05, 0) is 73.1 Å². The first-order valence-electron chi connectivity index (χ1n) is 9.68. The molecule has 0 heterocycles. The van der Waals surface area contributed by atoms with Gasteiger partial charge >= 0.3 is 0 Å². The standard InChI is InChI=1S/C21H27NO5S2/c1-4-19(15-9-11-18(12-10-15)28(3,23)24)22-29(25,26)21-14-17-8-6-5-7-16(17)13-20(21)27-2/h9-14,19,22H,4-8H2,1-3H3. The highest BCUT2D eigenvalue weighted by Gasteiger charge is 2.26. The zero-order valence-corrected chi connectivity index (χ0v) is 18.6. The number of hydrogen-bond acceptors (Lipinski definition) is 5. The van der Waals surface area contributed by atoms with Crippen LogP contribution in [0.3, 0.4) is 0 Å². The molecule has 158 valence electrons. The number of benzene rings is 2. The van der Waals surface area contributed by atoms with Crippen molar-refractivity contribution in [3.63, 3.8) is 0 Å². The van der Waals surface area contributed by atoms with Crippen molar-refractivity contribution in [1.29, 1.82) is 0 Å². The summed E-state index contributed by atoms with van der Waals surface area (Å²) in [6, 6.07) is 9.39. The summed E-state index contributed by atoms with van der Waals surface area (Å²) in [6.07, 6.45) is 5.61. The van der Waals surface area contributed by atoms with Gasteiger partial charge in [-0.15, -0.1) is 0 Å². The molecule has 2 aromatic rings. The lowest BCUT2D eigenvalue weighted by atomic mass is 9.92. The average molecular weight is 438 g/mol. The molecule has 1 unspecified atom stereocenters. The predicted molar refractivity (Wildman–Crippen MR) is 113 cm³/mol. The van der Waals surface area contributed by atoms with Crippen molar-refractivity contribution in [2.24, 2.45) is 0 Å². The fourth-order valence-electron chi connectivity index (χ4n) is 3.70. The molecule has 29 heavy (non-hydrogen) atoms. The minimum absolute atomic E-state index is 0.145. The van der Waals surface area contributed by atoms with E-state index in [-0.39, 0.29) is 9.79 Å². The van der Waals surface area contributed by atoms with Gasteiger partial charge in [-0.1, -0.05) is 19.1 Å². The Morgan fingerprint density at radius 2 is 1.59 bits per heavy atom. The average Bonchev–Trinajstić information content (AvgIpc) is 2.70. The molecular weight excluding hydrogens is 410 g/mol. The highest BCUT2D eigenvalue weighted by atomic mass is 32.2. The number of sulfonamides is 1. The van der Waals surface area contributed by atoms with Gasteiger partial charge in [0.05, 0.1) is 12.0 Å². The Bertz CT molecular complexity index is 1090. The minimum atomic E-state index is -3.83. The quantitative estimate of drug-likeness (QED) is 0.717. The summed E-state index contributed by atoms with van der Waals surface area (Å²) in [7, 11) is -5.65. The molecule has 0 radical (unpaired) electrons. The lowest BCUT2D eigenvalue weighted by Crippen LogP contribution is -2.29. The van der Waals surface area contributed by atoms with Crippen LogP contribution < -0.4 is 9.46 Å². The number of aryl methyl sites for hydroxylation is 2. The van der Waals surface area contributed by atoms with E-state index in [4.69, 9.17) is 4.74 Å². The largest absolute Gasteiger partial charge is 0.495 e. The van der Waals surface area contributed by atoms with E-state index >= 15 is 0 Å². The molecule has 1 aliphatic carbocycles. The fraction of sp³-hybridized carbons (Fsp3) is 0.429. The fourth-order valence-corrected chi connectivity index (χ4v) is 5.83. The number of sulfone groups is 1. The lowest BCUT2D eigenvalue weighted by molar-refractivity contribution is 0.400. The van der Waals surface area contributed by atoms with Crippen molar-refractivity contribution in [3.8, 4) is 5.75 Å². The van der Waals surface area contributed by atoms with E-state index < -0.39 is 25.9 Å². The molecule has 2 aromatic carbocycles. The van der Waals surface area contributed by atoms with E-state index in [2.05, 4.69) is 4.72 Å². The molecule has 0 bridgehead atoms. The molecule has 0 spiro atoms. The van der Waals surface area contributed by atoms with Gasteiger partial charge in [-0.25, -0.2) is 21.6 Å². The van der Waals surface area contributed by atoms with Gasteiger partial charge in [0.1, 0.15) is 10.6 Å². The molecule has 1 aliphatic rings. The van der Waals surface area contributed by atoms with Crippen LogP contribution in [0.1, 0.15) is 48.9 Å². The van der Waals surface area contributed by atoms with Crippen LogP contribution in [0.2, 0.25) is 0 Å². The van der Waals surface area contributed by atoms with Crippen molar-refractivity contribution < 1.29 is 21.6 Å².